The van der Waals surface area contributed by atoms with Crippen molar-refractivity contribution in [1.82, 2.24) is 30.5 Å². The Morgan fingerprint density at radius 3 is 2.89 bits per heavy atom. The predicted octanol–water partition coefficient (Wildman–Crippen LogP) is 1.55. The molecule has 0 unspecified atom stereocenters. The highest BCUT2D eigenvalue weighted by Crippen LogP contribution is 2.15. The first-order chi connectivity index (χ1) is 13.5. The van der Waals surface area contributed by atoms with Gasteiger partial charge in [0, 0.05) is 37.3 Å². The minimum Gasteiger partial charge on any atom is -0.340 e. The number of rotatable bonds is 4. The van der Waals surface area contributed by atoms with Crippen molar-refractivity contribution in [2.45, 2.75) is 33.0 Å². The summed E-state index contributed by atoms with van der Waals surface area (Å²) in [6, 6.07) is 7.52. The highest BCUT2D eigenvalue weighted by Gasteiger charge is 2.16. The smallest absolute Gasteiger partial charge is 0.315 e. The molecule has 0 radical (unpaired) electrons. The number of carbonyl (C=O) groups excluding carboxylic acids is 1. The third-order valence-electron chi connectivity index (χ3n) is 5.02. The molecular formula is C20H24N6O2. The van der Waals surface area contributed by atoms with E-state index in [1.54, 1.807) is 0 Å². The van der Waals surface area contributed by atoms with E-state index in [9.17, 15) is 9.59 Å². The van der Waals surface area contributed by atoms with Crippen LogP contribution >= 0.6 is 0 Å². The van der Waals surface area contributed by atoms with E-state index in [1.807, 2.05) is 31.2 Å². The SMILES string of the molecule is Cc1ccc2nc(CNC(=O)NCc3cc4c([nH]c3=O)CCN(C)C4)[nH]c2c1. The number of nitrogens with one attached hydrogen (secondary N) is 4. The van der Waals surface area contributed by atoms with Gasteiger partial charge >= 0.3 is 6.03 Å². The van der Waals surface area contributed by atoms with Gasteiger partial charge in [-0.1, -0.05) is 6.07 Å². The maximum absolute atomic E-state index is 12.2. The number of likely N-dealkylation sites (N-methyl/N-ethyl adjacent to an activating group) is 1. The standard InChI is InChI=1S/C20H24N6O2/c1-12-3-4-16-17(7-12)24-18(23-16)10-22-20(28)21-9-13-8-14-11-26(2)6-5-15(14)25-19(13)27/h3-4,7-8H,5-6,9-11H2,1-2H3,(H,23,24)(H,25,27)(H2,21,22,28). The average Bonchev–Trinajstić information content (AvgIpc) is 3.07. The summed E-state index contributed by atoms with van der Waals surface area (Å²) in [5, 5.41) is 5.51. The fourth-order valence-electron chi connectivity index (χ4n) is 3.49. The first-order valence-corrected chi connectivity index (χ1v) is 9.37. The number of hydrogen-bond donors (Lipinski definition) is 4. The number of aromatic nitrogens is 3. The lowest BCUT2D eigenvalue weighted by Gasteiger charge is -2.24. The molecule has 0 bridgehead atoms. The third kappa shape index (κ3) is 3.91. The zero-order chi connectivity index (χ0) is 19.7. The lowest BCUT2D eigenvalue weighted by Crippen LogP contribution is -2.37. The van der Waals surface area contributed by atoms with Crippen LogP contribution in [0.3, 0.4) is 0 Å². The Morgan fingerprint density at radius 1 is 1.21 bits per heavy atom. The maximum Gasteiger partial charge on any atom is 0.315 e. The Hall–Kier alpha value is -3.13. The Morgan fingerprint density at radius 2 is 2.04 bits per heavy atom. The Labute approximate surface area is 162 Å². The molecule has 1 aromatic carbocycles. The van der Waals surface area contributed by atoms with Gasteiger partial charge in [0.2, 0.25) is 0 Å². The number of benzene rings is 1. The third-order valence-corrected chi connectivity index (χ3v) is 5.02. The number of pyridine rings is 1. The molecule has 28 heavy (non-hydrogen) atoms. The average molecular weight is 380 g/mol. The van der Waals surface area contributed by atoms with Crippen LogP contribution in [0, 0.1) is 6.92 Å². The molecule has 3 aromatic rings. The largest absolute Gasteiger partial charge is 0.340 e. The summed E-state index contributed by atoms with van der Waals surface area (Å²) in [5.74, 6) is 0.686. The van der Waals surface area contributed by atoms with E-state index in [2.05, 4.69) is 37.5 Å². The number of aryl methyl sites for hydroxylation is 1. The summed E-state index contributed by atoms with van der Waals surface area (Å²) < 4.78 is 0. The van der Waals surface area contributed by atoms with E-state index < -0.39 is 0 Å². The van der Waals surface area contributed by atoms with Gasteiger partial charge in [0.1, 0.15) is 5.82 Å². The second-order valence-corrected chi connectivity index (χ2v) is 7.36. The molecule has 2 amide bonds. The van der Waals surface area contributed by atoms with Crippen LogP contribution in [0.2, 0.25) is 0 Å². The fraction of sp³-hybridized carbons (Fsp3) is 0.350. The number of amides is 2. The number of aromatic amines is 2. The molecule has 0 saturated heterocycles. The zero-order valence-electron chi connectivity index (χ0n) is 16.1. The number of urea groups is 1. The lowest BCUT2D eigenvalue weighted by molar-refractivity contribution is 0.240. The Balaban J connectivity index is 1.35. The van der Waals surface area contributed by atoms with Crippen molar-refractivity contribution in [3.8, 4) is 0 Å². The first kappa shape index (κ1) is 18.2. The minimum absolute atomic E-state index is 0.142. The van der Waals surface area contributed by atoms with Gasteiger partial charge < -0.3 is 25.5 Å². The van der Waals surface area contributed by atoms with Gasteiger partial charge in [-0.3, -0.25) is 4.79 Å². The molecule has 4 N–H and O–H groups in total. The van der Waals surface area contributed by atoms with E-state index in [4.69, 9.17) is 0 Å². The van der Waals surface area contributed by atoms with Crippen LogP contribution in [0.4, 0.5) is 4.79 Å². The van der Waals surface area contributed by atoms with Crippen molar-refractivity contribution in [1.29, 1.82) is 0 Å². The Bertz CT molecular complexity index is 1080. The van der Waals surface area contributed by atoms with Crippen LogP contribution in [0.5, 0.6) is 0 Å². The van der Waals surface area contributed by atoms with Crippen molar-refractivity contribution >= 4 is 17.1 Å². The second kappa shape index (κ2) is 7.47. The summed E-state index contributed by atoms with van der Waals surface area (Å²) in [4.78, 5) is 37.2. The number of fused-ring (bicyclic) bond motifs is 2. The van der Waals surface area contributed by atoms with Gasteiger partial charge in [-0.05, 0) is 43.3 Å². The number of imidazole rings is 1. The van der Waals surface area contributed by atoms with E-state index in [0.717, 1.165) is 47.4 Å². The van der Waals surface area contributed by atoms with Crippen LogP contribution in [0.15, 0.2) is 29.1 Å². The van der Waals surface area contributed by atoms with Crippen molar-refractivity contribution in [2.75, 3.05) is 13.6 Å². The molecule has 1 aliphatic rings. The topological polar surface area (TPSA) is 106 Å². The van der Waals surface area contributed by atoms with Crippen LogP contribution in [0.25, 0.3) is 11.0 Å². The molecule has 2 aromatic heterocycles. The molecule has 3 heterocycles. The van der Waals surface area contributed by atoms with Gasteiger partial charge in [-0.15, -0.1) is 0 Å². The van der Waals surface area contributed by atoms with Crippen LogP contribution in [-0.4, -0.2) is 39.5 Å². The van der Waals surface area contributed by atoms with Crippen molar-refractivity contribution in [3.05, 3.63) is 62.8 Å². The van der Waals surface area contributed by atoms with Gasteiger partial charge in [0.15, 0.2) is 0 Å². The number of carbonyl (C=O) groups is 1. The highest BCUT2D eigenvalue weighted by molar-refractivity contribution is 5.76. The lowest BCUT2D eigenvalue weighted by atomic mass is 10.0. The van der Waals surface area contributed by atoms with Crippen molar-refractivity contribution in [2.24, 2.45) is 0 Å². The fourth-order valence-corrected chi connectivity index (χ4v) is 3.49. The van der Waals surface area contributed by atoms with E-state index in [0.29, 0.717) is 11.4 Å². The van der Waals surface area contributed by atoms with Gasteiger partial charge in [0.05, 0.1) is 17.6 Å². The Kier molecular flexibility index (Phi) is 4.87. The molecule has 8 nitrogen and oxygen atoms in total. The number of H-pyrrole nitrogens is 2. The summed E-state index contributed by atoms with van der Waals surface area (Å²) >= 11 is 0. The monoisotopic (exact) mass is 380 g/mol. The van der Waals surface area contributed by atoms with Gasteiger partial charge in [-0.2, -0.15) is 0 Å². The quantitative estimate of drug-likeness (QED) is 0.551. The molecule has 0 atom stereocenters. The molecule has 8 heteroatoms. The van der Waals surface area contributed by atoms with Crippen molar-refractivity contribution in [3.63, 3.8) is 0 Å². The predicted molar refractivity (Wildman–Crippen MR) is 107 cm³/mol. The highest BCUT2D eigenvalue weighted by atomic mass is 16.2. The minimum atomic E-state index is -0.342. The maximum atomic E-state index is 12.2. The summed E-state index contributed by atoms with van der Waals surface area (Å²) in [7, 11) is 2.05. The molecular weight excluding hydrogens is 356 g/mol. The molecule has 4 rings (SSSR count). The molecule has 1 aliphatic heterocycles. The normalized spacial score (nSPS) is 14.1. The van der Waals surface area contributed by atoms with E-state index >= 15 is 0 Å². The summed E-state index contributed by atoms with van der Waals surface area (Å²) in [6.07, 6.45) is 0.840. The number of nitrogens with zero attached hydrogens (tertiary/aromatic N) is 2. The molecule has 0 aliphatic carbocycles. The summed E-state index contributed by atoms with van der Waals surface area (Å²) in [5.41, 5.74) is 5.49. The van der Waals surface area contributed by atoms with Gasteiger partial charge in [0.25, 0.3) is 5.56 Å². The van der Waals surface area contributed by atoms with Crippen LogP contribution in [0.1, 0.15) is 28.2 Å². The van der Waals surface area contributed by atoms with E-state index in [1.165, 1.54) is 0 Å². The molecule has 0 saturated carbocycles. The first-order valence-electron chi connectivity index (χ1n) is 9.37. The molecule has 0 spiro atoms. The van der Waals surface area contributed by atoms with E-state index in [-0.39, 0.29) is 24.7 Å². The zero-order valence-corrected chi connectivity index (χ0v) is 16.1. The van der Waals surface area contributed by atoms with Crippen LogP contribution < -0.4 is 16.2 Å². The molecule has 0 fully saturated rings. The molecule has 146 valence electrons. The second-order valence-electron chi connectivity index (χ2n) is 7.36. The van der Waals surface area contributed by atoms with Gasteiger partial charge in [-0.25, -0.2) is 9.78 Å². The summed E-state index contributed by atoms with van der Waals surface area (Å²) in [6.45, 7) is 4.22. The number of hydrogen-bond acceptors (Lipinski definition) is 4. The van der Waals surface area contributed by atoms with Crippen molar-refractivity contribution < 1.29 is 4.79 Å². The van der Waals surface area contributed by atoms with Crippen LogP contribution in [-0.2, 0) is 26.1 Å².